The van der Waals surface area contributed by atoms with Crippen LogP contribution in [0.25, 0.3) is 0 Å². The Kier molecular flexibility index (Phi) is 2.10. The van der Waals surface area contributed by atoms with Gasteiger partial charge in [0.15, 0.2) is 11.5 Å². The first-order chi connectivity index (χ1) is 6.33. The average molecular weight is 179 g/mol. The molecular weight excluding hydrogens is 166 g/mol. The van der Waals surface area contributed by atoms with Crippen LogP contribution in [-0.4, -0.2) is 13.8 Å². The highest BCUT2D eigenvalue weighted by Crippen LogP contribution is 2.37. The van der Waals surface area contributed by atoms with Crippen LogP contribution in [-0.2, 0) is 0 Å². The molecule has 70 valence electrons. The predicted octanol–water partition coefficient (Wildman–Crippen LogP) is 1.70. The van der Waals surface area contributed by atoms with Gasteiger partial charge in [-0.25, -0.2) is 0 Å². The molecule has 0 fully saturated rings. The Bertz CT molecular complexity index is 312. The summed E-state index contributed by atoms with van der Waals surface area (Å²) in [6.45, 7) is 2.43. The van der Waals surface area contributed by atoms with Crippen LogP contribution in [0.5, 0.6) is 11.5 Å². The zero-order chi connectivity index (χ0) is 9.26. The summed E-state index contributed by atoms with van der Waals surface area (Å²) in [5.41, 5.74) is 1.15. The molecule has 0 aromatic heterocycles. The number of para-hydroxylation sites is 1. The highest BCUT2D eigenvalue weighted by Gasteiger charge is 2.19. The molecule has 1 aliphatic heterocycles. The third-order valence-corrected chi connectivity index (χ3v) is 2.33. The molecule has 1 aromatic rings. The number of hydrogen-bond acceptors (Lipinski definition) is 3. The second kappa shape index (κ2) is 3.26. The molecule has 0 aliphatic carbocycles. The van der Waals surface area contributed by atoms with E-state index < -0.39 is 0 Å². The number of hydrogen-bond donors (Lipinski definition) is 1. The van der Waals surface area contributed by atoms with Gasteiger partial charge in [-0.15, -0.1) is 0 Å². The van der Waals surface area contributed by atoms with E-state index in [1.165, 1.54) is 0 Å². The number of ether oxygens (including phenoxy) is 2. The average Bonchev–Trinajstić information content (AvgIpc) is 2.63. The van der Waals surface area contributed by atoms with Crippen LogP contribution in [0, 0.1) is 0 Å². The molecule has 0 amide bonds. The maximum absolute atomic E-state index is 5.39. The highest BCUT2D eigenvalue weighted by molar-refractivity contribution is 5.49. The molecule has 3 heteroatoms. The van der Waals surface area contributed by atoms with Crippen molar-refractivity contribution >= 4 is 0 Å². The SMILES string of the molecule is CN[C@H](C)c1cccc2c1OCO2. The summed E-state index contributed by atoms with van der Waals surface area (Å²) in [5, 5.41) is 3.18. The Morgan fingerprint density at radius 2 is 2.23 bits per heavy atom. The topological polar surface area (TPSA) is 30.5 Å². The van der Waals surface area contributed by atoms with Gasteiger partial charge in [0.05, 0.1) is 0 Å². The van der Waals surface area contributed by atoms with Crippen molar-refractivity contribution in [1.29, 1.82) is 0 Å². The Balaban J connectivity index is 2.41. The minimum Gasteiger partial charge on any atom is -0.454 e. The first-order valence-electron chi connectivity index (χ1n) is 4.38. The van der Waals surface area contributed by atoms with E-state index in [-0.39, 0.29) is 6.04 Å². The molecule has 1 aromatic carbocycles. The van der Waals surface area contributed by atoms with Crippen LogP contribution in [0.1, 0.15) is 18.5 Å². The molecule has 1 atom stereocenters. The van der Waals surface area contributed by atoms with Gasteiger partial charge in [0, 0.05) is 11.6 Å². The maximum Gasteiger partial charge on any atom is 0.231 e. The lowest BCUT2D eigenvalue weighted by Gasteiger charge is -2.12. The molecule has 0 saturated carbocycles. The van der Waals surface area contributed by atoms with Crippen LogP contribution in [0.2, 0.25) is 0 Å². The first-order valence-corrected chi connectivity index (χ1v) is 4.38. The van der Waals surface area contributed by atoms with Gasteiger partial charge < -0.3 is 14.8 Å². The second-order valence-corrected chi connectivity index (χ2v) is 3.09. The molecule has 2 rings (SSSR count). The first kappa shape index (κ1) is 8.38. The van der Waals surface area contributed by atoms with E-state index in [1.807, 2.05) is 19.2 Å². The van der Waals surface area contributed by atoms with E-state index in [0.717, 1.165) is 17.1 Å². The van der Waals surface area contributed by atoms with Gasteiger partial charge in [-0.3, -0.25) is 0 Å². The highest BCUT2D eigenvalue weighted by atomic mass is 16.7. The number of fused-ring (bicyclic) bond motifs is 1. The van der Waals surface area contributed by atoms with E-state index in [0.29, 0.717) is 6.79 Å². The van der Waals surface area contributed by atoms with Crippen LogP contribution in [0.4, 0.5) is 0 Å². The van der Waals surface area contributed by atoms with E-state index in [4.69, 9.17) is 9.47 Å². The number of benzene rings is 1. The summed E-state index contributed by atoms with van der Waals surface area (Å²) in [7, 11) is 1.93. The third-order valence-electron chi connectivity index (χ3n) is 2.33. The Labute approximate surface area is 77.7 Å². The smallest absolute Gasteiger partial charge is 0.231 e. The Hall–Kier alpha value is -1.22. The van der Waals surface area contributed by atoms with Gasteiger partial charge in [-0.05, 0) is 20.0 Å². The zero-order valence-electron chi connectivity index (χ0n) is 7.83. The summed E-state index contributed by atoms with van der Waals surface area (Å²) in [4.78, 5) is 0. The van der Waals surface area contributed by atoms with Crippen molar-refractivity contribution in [3.05, 3.63) is 23.8 Å². The van der Waals surface area contributed by atoms with E-state index in [1.54, 1.807) is 0 Å². The summed E-state index contributed by atoms with van der Waals surface area (Å²) in [6, 6.07) is 6.25. The molecule has 1 aliphatic rings. The molecular formula is C10H13NO2. The van der Waals surface area contributed by atoms with Gasteiger partial charge in [-0.2, -0.15) is 0 Å². The lowest BCUT2D eigenvalue weighted by molar-refractivity contribution is 0.173. The quantitative estimate of drug-likeness (QED) is 0.749. The normalized spacial score (nSPS) is 15.8. The number of rotatable bonds is 2. The van der Waals surface area contributed by atoms with Crippen molar-refractivity contribution in [2.75, 3.05) is 13.8 Å². The van der Waals surface area contributed by atoms with Crippen LogP contribution in [0.3, 0.4) is 0 Å². The van der Waals surface area contributed by atoms with Crippen molar-refractivity contribution in [3.8, 4) is 11.5 Å². The van der Waals surface area contributed by atoms with Crippen LogP contribution < -0.4 is 14.8 Å². The molecule has 0 unspecified atom stereocenters. The Morgan fingerprint density at radius 1 is 1.38 bits per heavy atom. The summed E-state index contributed by atoms with van der Waals surface area (Å²) in [6.07, 6.45) is 0. The second-order valence-electron chi connectivity index (χ2n) is 3.09. The minimum absolute atomic E-state index is 0.289. The molecule has 1 heterocycles. The largest absolute Gasteiger partial charge is 0.454 e. The molecule has 0 bridgehead atoms. The standard InChI is InChI=1S/C10H13NO2/c1-7(11-2)8-4-3-5-9-10(8)13-6-12-9/h3-5,7,11H,6H2,1-2H3/t7-/m1/s1. The van der Waals surface area contributed by atoms with Crippen molar-refractivity contribution in [2.45, 2.75) is 13.0 Å². The van der Waals surface area contributed by atoms with Gasteiger partial charge in [0.25, 0.3) is 0 Å². The van der Waals surface area contributed by atoms with Gasteiger partial charge in [-0.1, -0.05) is 12.1 Å². The fraction of sp³-hybridized carbons (Fsp3) is 0.400. The fourth-order valence-corrected chi connectivity index (χ4v) is 1.45. The summed E-state index contributed by atoms with van der Waals surface area (Å²) >= 11 is 0. The minimum atomic E-state index is 0.289. The van der Waals surface area contributed by atoms with Gasteiger partial charge in [0.1, 0.15) is 0 Å². The molecule has 0 radical (unpaired) electrons. The van der Waals surface area contributed by atoms with E-state index in [9.17, 15) is 0 Å². The fourth-order valence-electron chi connectivity index (χ4n) is 1.45. The molecule has 3 nitrogen and oxygen atoms in total. The van der Waals surface area contributed by atoms with Crippen molar-refractivity contribution in [1.82, 2.24) is 5.32 Å². The molecule has 1 N–H and O–H groups in total. The Morgan fingerprint density at radius 3 is 3.00 bits per heavy atom. The number of nitrogens with one attached hydrogen (secondary N) is 1. The summed E-state index contributed by atoms with van der Waals surface area (Å²) in [5.74, 6) is 1.73. The zero-order valence-corrected chi connectivity index (χ0v) is 7.83. The lowest BCUT2D eigenvalue weighted by atomic mass is 10.1. The molecule has 13 heavy (non-hydrogen) atoms. The maximum atomic E-state index is 5.39. The van der Waals surface area contributed by atoms with Crippen LogP contribution in [0.15, 0.2) is 18.2 Å². The van der Waals surface area contributed by atoms with E-state index in [2.05, 4.69) is 18.3 Å². The van der Waals surface area contributed by atoms with Crippen molar-refractivity contribution in [2.24, 2.45) is 0 Å². The van der Waals surface area contributed by atoms with E-state index >= 15 is 0 Å². The lowest BCUT2D eigenvalue weighted by Crippen LogP contribution is -2.12. The third kappa shape index (κ3) is 1.35. The van der Waals surface area contributed by atoms with Crippen molar-refractivity contribution < 1.29 is 9.47 Å². The van der Waals surface area contributed by atoms with Crippen LogP contribution >= 0.6 is 0 Å². The molecule has 0 spiro atoms. The van der Waals surface area contributed by atoms with Crippen molar-refractivity contribution in [3.63, 3.8) is 0 Å². The predicted molar refractivity (Wildman–Crippen MR) is 50.0 cm³/mol. The summed E-state index contributed by atoms with van der Waals surface area (Å²) < 4.78 is 10.7. The monoisotopic (exact) mass is 179 g/mol. The molecule has 0 saturated heterocycles. The van der Waals surface area contributed by atoms with Gasteiger partial charge in [0.2, 0.25) is 6.79 Å². The van der Waals surface area contributed by atoms with Gasteiger partial charge >= 0.3 is 0 Å².